The standard InChI is InChI=1S/C15H26N4O2/c1-4-14-16-7-9-19(14)8-6-15(20)17-12-10-18(5-2)11-13(12)21-3/h7,9,12-13H,4-6,8,10-11H2,1-3H3,(H,17,20)/t12-,13-/m1/s1. The monoisotopic (exact) mass is 294 g/mol. The summed E-state index contributed by atoms with van der Waals surface area (Å²) in [5, 5.41) is 3.10. The number of amides is 1. The van der Waals surface area contributed by atoms with Crippen LogP contribution >= 0.6 is 0 Å². The second kappa shape index (κ2) is 7.56. The van der Waals surface area contributed by atoms with Gasteiger partial charge in [-0.15, -0.1) is 0 Å². The molecule has 6 heteroatoms. The zero-order chi connectivity index (χ0) is 15.2. The summed E-state index contributed by atoms with van der Waals surface area (Å²) in [6.07, 6.45) is 5.16. The predicted octanol–water partition coefficient (Wildman–Crippen LogP) is 0.671. The molecule has 2 rings (SSSR count). The van der Waals surface area contributed by atoms with Gasteiger partial charge in [0.05, 0.1) is 12.1 Å². The number of rotatable bonds is 7. The number of nitrogens with one attached hydrogen (secondary N) is 1. The molecule has 1 saturated heterocycles. The van der Waals surface area contributed by atoms with Crippen LogP contribution in [0.15, 0.2) is 12.4 Å². The molecule has 1 N–H and O–H groups in total. The maximum atomic E-state index is 12.1. The highest BCUT2D eigenvalue weighted by atomic mass is 16.5. The highest BCUT2D eigenvalue weighted by Crippen LogP contribution is 2.13. The number of aryl methyl sites for hydroxylation is 2. The van der Waals surface area contributed by atoms with Crippen LogP contribution in [0.3, 0.4) is 0 Å². The van der Waals surface area contributed by atoms with Crippen LogP contribution < -0.4 is 5.32 Å². The van der Waals surface area contributed by atoms with Gasteiger partial charge in [0.1, 0.15) is 5.82 Å². The molecule has 1 fully saturated rings. The minimum absolute atomic E-state index is 0.0794. The molecule has 1 aliphatic heterocycles. The molecule has 21 heavy (non-hydrogen) atoms. The Bertz CT molecular complexity index is 460. The van der Waals surface area contributed by atoms with Gasteiger partial charge < -0.3 is 14.6 Å². The molecule has 0 unspecified atom stereocenters. The normalized spacial score (nSPS) is 22.6. The molecule has 1 aromatic heterocycles. The fourth-order valence-electron chi connectivity index (χ4n) is 2.85. The lowest BCUT2D eigenvalue weighted by Crippen LogP contribution is -2.43. The Morgan fingerprint density at radius 2 is 2.29 bits per heavy atom. The van der Waals surface area contributed by atoms with Gasteiger partial charge in [0.25, 0.3) is 0 Å². The van der Waals surface area contributed by atoms with Crippen LogP contribution in [0.25, 0.3) is 0 Å². The number of carbonyl (C=O) groups is 1. The van der Waals surface area contributed by atoms with Gasteiger partial charge in [-0.2, -0.15) is 0 Å². The molecule has 1 aromatic rings. The van der Waals surface area contributed by atoms with Crippen molar-refractivity contribution in [1.82, 2.24) is 19.8 Å². The lowest BCUT2D eigenvalue weighted by Gasteiger charge is -2.18. The summed E-state index contributed by atoms with van der Waals surface area (Å²) in [4.78, 5) is 18.7. The number of carbonyl (C=O) groups excluding carboxylic acids is 1. The van der Waals surface area contributed by atoms with Crippen LogP contribution in [-0.2, 0) is 22.5 Å². The molecule has 1 amide bonds. The first-order valence-electron chi connectivity index (χ1n) is 7.72. The van der Waals surface area contributed by atoms with Crippen molar-refractivity contribution >= 4 is 5.91 Å². The second-order valence-corrected chi connectivity index (χ2v) is 5.44. The van der Waals surface area contributed by atoms with Crippen LogP contribution in [0, 0.1) is 0 Å². The van der Waals surface area contributed by atoms with E-state index >= 15 is 0 Å². The third kappa shape index (κ3) is 4.04. The zero-order valence-electron chi connectivity index (χ0n) is 13.2. The molecular formula is C15H26N4O2. The van der Waals surface area contributed by atoms with E-state index in [0.29, 0.717) is 13.0 Å². The topological polar surface area (TPSA) is 59.4 Å². The van der Waals surface area contributed by atoms with Gasteiger partial charge in [0.2, 0.25) is 5.91 Å². The number of imidazole rings is 1. The molecule has 6 nitrogen and oxygen atoms in total. The van der Waals surface area contributed by atoms with Crippen LogP contribution in [0.4, 0.5) is 0 Å². The van der Waals surface area contributed by atoms with Crippen molar-refractivity contribution in [3.63, 3.8) is 0 Å². The van der Waals surface area contributed by atoms with E-state index in [1.165, 1.54) is 0 Å². The van der Waals surface area contributed by atoms with Crippen LogP contribution in [0.5, 0.6) is 0 Å². The Hall–Kier alpha value is -1.40. The summed E-state index contributed by atoms with van der Waals surface area (Å²) in [5.41, 5.74) is 0. The lowest BCUT2D eigenvalue weighted by atomic mass is 10.2. The number of aromatic nitrogens is 2. The predicted molar refractivity (Wildman–Crippen MR) is 81.1 cm³/mol. The number of hydrogen-bond acceptors (Lipinski definition) is 4. The van der Waals surface area contributed by atoms with E-state index in [-0.39, 0.29) is 18.1 Å². The van der Waals surface area contributed by atoms with E-state index in [1.807, 2.05) is 10.8 Å². The number of methoxy groups -OCH3 is 1. The Labute approximate surface area is 126 Å². The Morgan fingerprint density at radius 1 is 1.48 bits per heavy atom. The molecular weight excluding hydrogens is 268 g/mol. The molecule has 0 aliphatic carbocycles. The van der Waals surface area contributed by atoms with E-state index in [2.05, 4.69) is 29.0 Å². The molecule has 0 spiro atoms. The van der Waals surface area contributed by atoms with Gasteiger partial charge in [-0.25, -0.2) is 4.98 Å². The molecule has 0 aromatic carbocycles. The van der Waals surface area contributed by atoms with Gasteiger partial charge in [-0.1, -0.05) is 13.8 Å². The average molecular weight is 294 g/mol. The molecule has 0 radical (unpaired) electrons. The number of likely N-dealkylation sites (tertiary alicyclic amines) is 1. The molecule has 0 saturated carbocycles. The third-order valence-corrected chi connectivity index (χ3v) is 4.14. The zero-order valence-corrected chi connectivity index (χ0v) is 13.2. The van der Waals surface area contributed by atoms with Crippen LogP contribution in [-0.4, -0.2) is 59.2 Å². The molecule has 1 aliphatic rings. The van der Waals surface area contributed by atoms with E-state index in [0.717, 1.165) is 31.9 Å². The van der Waals surface area contributed by atoms with Gasteiger partial charge >= 0.3 is 0 Å². The van der Waals surface area contributed by atoms with Gasteiger partial charge in [-0.3, -0.25) is 9.69 Å². The SMILES string of the molecule is CCc1nccn1CCC(=O)N[C@@H]1CN(CC)C[C@H]1OC. The highest BCUT2D eigenvalue weighted by Gasteiger charge is 2.32. The molecule has 2 heterocycles. The lowest BCUT2D eigenvalue weighted by molar-refractivity contribution is -0.122. The first kappa shape index (κ1) is 16.0. The Morgan fingerprint density at radius 3 is 2.95 bits per heavy atom. The van der Waals surface area contributed by atoms with Crippen LogP contribution in [0.2, 0.25) is 0 Å². The molecule has 0 bridgehead atoms. The van der Waals surface area contributed by atoms with Gasteiger partial charge in [0, 0.05) is 52.0 Å². The van der Waals surface area contributed by atoms with Crippen molar-refractivity contribution in [2.24, 2.45) is 0 Å². The van der Waals surface area contributed by atoms with E-state index in [9.17, 15) is 4.79 Å². The number of hydrogen-bond donors (Lipinski definition) is 1. The number of nitrogens with zero attached hydrogens (tertiary/aromatic N) is 3. The molecule has 118 valence electrons. The summed E-state index contributed by atoms with van der Waals surface area (Å²) in [7, 11) is 1.71. The summed E-state index contributed by atoms with van der Waals surface area (Å²) < 4.78 is 7.51. The van der Waals surface area contributed by atoms with Crippen molar-refractivity contribution in [3.8, 4) is 0 Å². The van der Waals surface area contributed by atoms with Crippen molar-refractivity contribution in [2.75, 3.05) is 26.7 Å². The Balaban J connectivity index is 1.81. The van der Waals surface area contributed by atoms with Crippen molar-refractivity contribution in [1.29, 1.82) is 0 Å². The van der Waals surface area contributed by atoms with E-state index in [4.69, 9.17) is 4.74 Å². The van der Waals surface area contributed by atoms with Crippen molar-refractivity contribution in [2.45, 2.75) is 45.4 Å². The first-order valence-corrected chi connectivity index (χ1v) is 7.72. The van der Waals surface area contributed by atoms with Gasteiger partial charge in [0.15, 0.2) is 0 Å². The smallest absolute Gasteiger partial charge is 0.222 e. The summed E-state index contributed by atoms with van der Waals surface area (Å²) in [6.45, 7) is 7.62. The third-order valence-electron chi connectivity index (χ3n) is 4.14. The maximum absolute atomic E-state index is 12.1. The average Bonchev–Trinajstić information content (AvgIpc) is 3.10. The first-order chi connectivity index (χ1) is 10.2. The Kier molecular flexibility index (Phi) is 5.76. The quantitative estimate of drug-likeness (QED) is 0.803. The second-order valence-electron chi connectivity index (χ2n) is 5.44. The van der Waals surface area contributed by atoms with Gasteiger partial charge in [-0.05, 0) is 6.54 Å². The minimum Gasteiger partial charge on any atom is -0.378 e. The van der Waals surface area contributed by atoms with Crippen molar-refractivity contribution < 1.29 is 9.53 Å². The number of likely N-dealkylation sites (N-methyl/N-ethyl adjacent to an activating group) is 1. The summed E-state index contributed by atoms with van der Waals surface area (Å²) >= 11 is 0. The summed E-state index contributed by atoms with van der Waals surface area (Å²) in [6, 6.07) is 0.0934. The van der Waals surface area contributed by atoms with Crippen LogP contribution in [0.1, 0.15) is 26.1 Å². The fraction of sp³-hybridized carbons (Fsp3) is 0.733. The van der Waals surface area contributed by atoms with E-state index < -0.39 is 0 Å². The highest BCUT2D eigenvalue weighted by molar-refractivity contribution is 5.76. The largest absolute Gasteiger partial charge is 0.378 e. The number of ether oxygens (including phenoxy) is 1. The maximum Gasteiger partial charge on any atom is 0.222 e. The van der Waals surface area contributed by atoms with Crippen molar-refractivity contribution in [3.05, 3.63) is 18.2 Å². The fourth-order valence-corrected chi connectivity index (χ4v) is 2.85. The van der Waals surface area contributed by atoms with E-state index in [1.54, 1.807) is 13.3 Å². The minimum atomic E-state index is 0.0794. The molecule has 2 atom stereocenters. The summed E-state index contributed by atoms with van der Waals surface area (Å²) in [5.74, 6) is 1.10.